The molecule has 0 radical (unpaired) electrons. The second-order valence-corrected chi connectivity index (χ2v) is 6.32. The van der Waals surface area contributed by atoms with Crippen LogP contribution in [-0.4, -0.2) is 11.9 Å². The molecule has 0 bridgehead atoms. The molecule has 0 aliphatic heterocycles. The molecule has 4 nitrogen and oxygen atoms in total. The lowest BCUT2D eigenvalue weighted by Gasteiger charge is -2.25. The zero-order chi connectivity index (χ0) is 17.7. The van der Waals surface area contributed by atoms with Crippen molar-refractivity contribution in [3.63, 3.8) is 0 Å². The van der Waals surface area contributed by atoms with E-state index in [4.69, 9.17) is 23.2 Å². The predicted octanol–water partition coefficient (Wildman–Crippen LogP) is 3.49. The number of carboxylic acid groups (broad SMARTS) is 1. The summed E-state index contributed by atoms with van der Waals surface area (Å²) in [5.41, 5.74) is 1.30. The molecule has 6 heteroatoms. The quantitative estimate of drug-likeness (QED) is 0.852. The lowest BCUT2D eigenvalue weighted by Crippen LogP contribution is -2.36. The molecular weight excluding hydrogens is 349 g/mol. The van der Waals surface area contributed by atoms with Crippen LogP contribution in [0, 0.1) is 5.92 Å². The first-order chi connectivity index (χ1) is 11.4. The highest BCUT2D eigenvalue weighted by molar-refractivity contribution is 6.42. The van der Waals surface area contributed by atoms with Crippen molar-refractivity contribution in [2.45, 2.75) is 19.3 Å². The van der Waals surface area contributed by atoms with Crippen LogP contribution in [0.5, 0.6) is 0 Å². The number of halogens is 2. The molecule has 24 heavy (non-hydrogen) atoms. The summed E-state index contributed by atoms with van der Waals surface area (Å²) >= 11 is 11.7. The van der Waals surface area contributed by atoms with Crippen molar-refractivity contribution in [1.82, 2.24) is 0 Å². The minimum atomic E-state index is -1.25. The van der Waals surface area contributed by atoms with Gasteiger partial charge in [-0.15, -0.1) is 0 Å². The normalized spacial score (nSPS) is 13.1. The Morgan fingerprint density at radius 3 is 2.33 bits per heavy atom. The zero-order valence-electron chi connectivity index (χ0n) is 13.0. The van der Waals surface area contributed by atoms with E-state index >= 15 is 0 Å². The van der Waals surface area contributed by atoms with Crippen LogP contribution in [-0.2, 0) is 9.59 Å². The van der Waals surface area contributed by atoms with Gasteiger partial charge in [0.05, 0.1) is 10.0 Å². The Balaban J connectivity index is 2.08. The molecule has 2 rings (SSSR count). The van der Waals surface area contributed by atoms with Crippen LogP contribution in [0.4, 0.5) is 5.69 Å². The molecule has 0 saturated carbocycles. The number of hydrogen-bond acceptors (Lipinski definition) is 3. The fourth-order valence-corrected chi connectivity index (χ4v) is 2.74. The largest absolute Gasteiger partial charge is 0.550 e. The summed E-state index contributed by atoms with van der Waals surface area (Å²) in [4.78, 5) is 23.7. The van der Waals surface area contributed by atoms with Crippen molar-refractivity contribution in [1.29, 1.82) is 0 Å². The van der Waals surface area contributed by atoms with E-state index in [2.05, 4.69) is 5.32 Å². The Morgan fingerprint density at radius 2 is 1.75 bits per heavy atom. The van der Waals surface area contributed by atoms with Crippen molar-refractivity contribution in [3.8, 4) is 0 Å². The molecule has 0 unspecified atom stereocenters. The fourth-order valence-electron chi connectivity index (χ4n) is 2.44. The molecular formula is C18H16Cl2NO3-. The van der Waals surface area contributed by atoms with Crippen molar-refractivity contribution in [3.05, 3.63) is 64.1 Å². The van der Waals surface area contributed by atoms with E-state index in [1.54, 1.807) is 19.1 Å². The summed E-state index contributed by atoms with van der Waals surface area (Å²) in [5, 5.41) is 14.8. The summed E-state index contributed by atoms with van der Waals surface area (Å²) in [6.45, 7) is 1.77. The average Bonchev–Trinajstić information content (AvgIpc) is 2.56. The summed E-state index contributed by atoms with van der Waals surface area (Å²) in [6.07, 6.45) is -0.196. The number of nitrogens with one attached hydrogen (secondary N) is 1. The number of hydrogen-bond donors (Lipinski definition) is 1. The number of anilines is 1. The van der Waals surface area contributed by atoms with Crippen LogP contribution in [0.25, 0.3) is 0 Å². The van der Waals surface area contributed by atoms with Crippen LogP contribution < -0.4 is 10.4 Å². The van der Waals surface area contributed by atoms with Gasteiger partial charge in [-0.25, -0.2) is 0 Å². The molecule has 0 saturated heterocycles. The lowest BCUT2D eigenvalue weighted by molar-refractivity contribution is -0.312. The molecule has 1 N–H and O–H groups in total. The third-order valence-electron chi connectivity index (χ3n) is 3.84. The van der Waals surface area contributed by atoms with Gasteiger partial charge in [0.2, 0.25) is 5.91 Å². The molecule has 0 spiro atoms. The number of aliphatic carboxylic acids is 1. The topological polar surface area (TPSA) is 69.2 Å². The standard InChI is InChI=1S/C18H17Cl2NO3/c1-11(12-5-3-2-4-6-12)14(18(23)24)10-17(22)21-13-7-8-15(19)16(20)9-13/h2-9,11,14H,10H2,1H3,(H,21,22)(H,23,24)/p-1/t11-,14+/m0/s1. The Kier molecular flexibility index (Phi) is 6.23. The molecule has 0 fully saturated rings. The van der Waals surface area contributed by atoms with E-state index in [1.807, 2.05) is 30.3 Å². The number of carbonyl (C=O) groups is 2. The Labute approximate surface area is 150 Å². The van der Waals surface area contributed by atoms with Gasteiger partial charge in [0.15, 0.2) is 0 Å². The SMILES string of the molecule is C[C@@H](c1ccccc1)[C@@H](CC(=O)Nc1ccc(Cl)c(Cl)c1)C(=O)[O-]. The van der Waals surface area contributed by atoms with Crippen LogP contribution in [0.1, 0.15) is 24.8 Å². The van der Waals surface area contributed by atoms with Gasteiger partial charge in [-0.1, -0.05) is 60.5 Å². The van der Waals surface area contributed by atoms with E-state index in [1.165, 1.54) is 6.07 Å². The monoisotopic (exact) mass is 364 g/mol. The predicted molar refractivity (Wildman–Crippen MR) is 93.1 cm³/mol. The smallest absolute Gasteiger partial charge is 0.225 e. The van der Waals surface area contributed by atoms with Crippen LogP contribution >= 0.6 is 23.2 Å². The summed E-state index contributed by atoms with van der Waals surface area (Å²) in [7, 11) is 0. The van der Waals surface area contributed by atoms with Gasteiger partial charge in [0.25, 0.3) is 0 Å². The molecule has 0 aliphatic carbocycles. The first-order valence-electron chi connectivity index (χ1n) is 7.39. The first-order valence-corrected chi connectivity index (χ1v) is 8.14. The van der Waals surface area contributed by atoms with E-state index in [0.717, 1.165) is 5.56 Å². The number of amides is 1. The highest BCUT2D eigenvalue weighted by atomic mass is 35.5. The molecule has 0 aromatic heterocycles. The van der Waals surface area contributed by atoms with Crippen molar-refractivity contribution in [2.75, 3.05) is 5.32 Å². The van der Waals surface area contributed by atoms with E-state index in [0.29, 0.717) is 15.7 Å². The van der Waals surface area contributed by atoms with Gasteiger partial charge in [0, 0.05) is 24.0 Å². The number of carboxylic acids is 1. The molecule has 2 atom stereocenters. The van der Waals surface area contributed by atoms with Crippen molar-refractivity contribution in [2.24, 2.45) is 5.92 Å². The number of benzene rings is 2. The second-order valence-electron chi connectivity index (χ2n) is 5.51. The maximum absolute atomic E-state index is 12.2. The van der Waals surface area contributed by atoms with Crippen LogP contribution in [0.15, 0.2) is 48.5 Å². The van der Waals surface area contributed by atoms with Crippen molar-refractivity contribution < 1.29 is 14.7 Å². The molecule has 126 valence electrons. The molecule has 2 aromatic rings. The average molecular weight is 365 g/mol. The maximum Gasteiger partial charge on any atom is 0.225 e. The summed E-state index contributed by atoms with van der Waals surface area (Å²) in [5.74, 6) is -2.97. The highest BCUT2D eigenvalue weighted by Gasteiger charge is 2.23. The minimum absolute atomic E-state index is 0.196. The second kappa shape index (κ2) is 8.18. The Hall–Kier alpha value is -2.04. The van der Waals surface area contributed by atoms with Gasteiger partial charge < -0.3 is 15.2 Å². The van der Waals surface area contributed by atoms with Crippen molar-refractivity contribution >= 4 is 40.8 Å². The molecule has 0 heterocycles. The van der Waals surface area contributed by atoms with Gasteiger partial charge in [-0.3, -0.25) is 4.79 Å². The van der Waals surface area contributed by atoms with Crippen LogP contribution in [0.3, 0.4) is 0 Å². The van der Waals surface area contributed by atoms with E-state index in [9.17, 15) is 14.7 Å². The maximum atomic E-state index is 12.2. The number of rotatable bonds is 6. The van der Waals surface area contributed by atoms with Gasteiger partial charge >= 0.3 is 0 Å². The van der Waals surface area contributed by atoms with Gasteiger partial charge in [0.1, 0.15) is 0 Å². The molecule has 2 aromatic carbocycles. The third kappa shape index (κ3) is 4.73. The first kappa shape index (κ1) is 18.3. The Bertz CT molecular complexity index is 734. The van der Waals surface area contributed by atoms with Gasteiger partial charge in [-0.05, 0) is 29.7 Å². The summed E-state index contributed by atoms with van der Waals surface area (Å²) < 4.78 is 0. The van der Waals surface area contributed by atoms with E-state index < -0.39 is 17.8 Å². The van der Waals surface area contributed by atoms with E-state index in [-0.39, 0.29) is 12.3 Å². The summed E-state index contributed by atoms with van der Waals surface area (Å²) in [6, 6.07) is 13.8. The third-order valence-corrected chi connectivity index (χ3v) is 4.58. The lowest BCUT2D eigenvalue weighted by atomic mass is 9.85. The fraction of sp³-hybridized carbons (Fsp3) is 0.222. The molecule has 0 aliphatic rings. The van der Waals surface area contributed by atoms with Crippen LogP contribution in [0.2, 0.25) is 10.0 Å². The molecule has 1 amide bonds. The Morgan fingerprint density at radius 1 is 1.08 bits per heavy atom. The van der Waals surface area contributed by atoms with Gasteiger partial charge in [-0.2, -0.15) is 0 Å². The number of carbonyl (C=O) groups excluding carboxylic acids is 2. The zero-order valence-corrected chi connectivity index (χ0v) is 14.5. The minimum Gasteiger partial charge on any atom is -0.550 e. The highest BCUT2D eigenvalue weighted by Crippen LogP contribution is 2.28.